The van der Waals surface area contributed by atoms with Gasteiger partial charge in [-0.1, -0.05) is 17.3 Å². The lowest BCUT2D eigenvalue weighted by Crippen LogP contribution is -2.23. The second kappa shape index (κ2) is 6.72. The van der Waals surface area contributed by atoms with E-state index in [1.54, 1.807) is 0 Å². The lowest BCUT2D eigenvalue weighted by molar-refractivity contribution is 0.0945. The number of hydrogen-bond acceptors (Lipinski definition) is 4. The van der Waals surface area contributed by atoms with Gasteiger partial charge >= 0.3 is 0 Å². The predicted molar refractivity (Wildman–Crippen MR) is 100 cm³/mol. The molecule has 0 spiro atoms. The Balaban J connectivity index is 1.52. The Bertz CT molecular complexity index is 972. The van der Waals surface area contributed by atoms with Crippen molar-refractivity contribution in [3.05, 3.63) is 63.5 Å². The molecule has 6 nitrogen and oxygen atoms in total. The van der Waals surface area contributed by atoms with Crippen molar-refractivity contribution in [2.24, 2.45) is 0 Å². The standard InChI is InChI=1S/C19H19BrN4O2/c1-11-9-14(12(2)24(11)16-6-4-3-5-15(16)20)19(25)21-10-17-22-18(23-26-17)13-7-8-13/h3-6,9,13H,7-8,10H2,1-2H3,(H,21,25). The summed E-state index contributed by atoms with van der Waals surface area (Å²) >= 11 is 3.58. The van der Waals surface area contributed by atoms with Crippen LogP contribution in [0.4, 0.5) is 0 Å². The van der Waals surface area contributed by atoms with Gasteiger partial charge in [0.2, 0.25) is 5.89 Å². The normalized spacial score (nSPS) is 13.8. The van der Waals surface area contributed by atoms with Gasteiger partial charge < -0.3 is 14.4 Å². The maximum absolute atomic E-state index is 12.6. The molecule has 2 aromatic heterocycles. The molecule has 1 aliphatic rings. The van der Waals surface area contributed by atoms with Gasteiger partial charge in [-0.2, -0.15) is 4.98 Å². The molecule has 26 heavy (non-hydrogen) atoms. The molecule has 1 N–H and O–H groups in total. The van der Waals surface area contributed by atoms with Crippen LogP contribution in [0.3, 0.4) is 0 Å². The van der Waals surface area contributed by atoms with Crippen molar-refractivity contribution in [3.63, 3.8) is 0 Å². The number of hydrogen-bond donors (Lipinski definition) is 1. The molecular weight excluding hydrogens is 396 g/mol. The first-order valence-corrected chi connectivity index (χ1v) is 9.38. The highest BCUT2D eigenvalue weighted by atomic mass is 79.9. The topological polar surface area (TPSA) is 73.0 Å². The van der Waals surface area contributed by atoms with Crippen LogP contribution in [-0.2, 0) is 6.54 Å². The molecule has 2 heterocycles. The van der Waals surface area contributed by atoms with E-state index in [1.165, 1.54) is 0 Å². The molecule has 7 heteroatoms. The molecule has 1 aromatic carbocycles. The Hall–Kier alpha value is -2.41. The van der Waals surface area contributed by atoms with Crippen LogP contribution in [0.2, 0.25) is 0 Å². The van der Waals surface area contributed by atoms with Crippen LogP contribution >= 0.6 is 15.9 Å². The van der Waals surface area contributed by atoms with Gasteiger partial charge in [0.05, 0.1) is 17.8 Å². The molecular formula is C19H19BrN4O2. The third-order valence-electron chi connectivity index (χ3n) is 4.60. The van der Waals surface area contributed by atoms with E-state index in [0.717, 1.165) is 40.2 Å². The minimum Gasteiger partial charge on any atom is -0.343 e. The number of nitrogens with one attached hydrogen (secondary N) is 1. The number of aromatic nitrogens is 3. The SMILES string of the molecule is Cc1cc(C(=O)NCc2nc(C3CC3)no2)c(C)n1-c1ccccc1Br. The molecule has 0 saturated heterocycles. The quantitative estimate of drug-likeness (QED) is 0.683. The van der Waals surface area contributed by atoms with E-state index in [-0.39, 0.29) is 12.5 Å². The lowest BCUT2D eigenvalue weighted by Gasteiger charge is -2.11. The fourth-order valence-corrected chi connectivity index (χ4v) is 3.56. The average molecular weight is 415 g/mol. The summed E-state index contributed by atoms with van der Waals surface area (Å²) in [4.78, 5) is 17.0. The summed E-state index contributed by atoms with van der Waals surface area (Å²) in [6.45, 7) is 4.17. The lowest BCUT2D eigenvalue weighted by atomic mass is 10.2. The molecule has 4 rings (SSSR count). The third kappa shape index (κ3) is 3.19. The Morgan fingerprint density at radius 3 is 2.85 bits per heavy atom. The molecule has 1 fully saturated rings. The van der Waals surface area contributed by atoms with Gasteiger partial charge in [-0.3, -0.25) is 4.79 Å². The van der Waals surface area contributed by atoms with E-state index >= 15 is 0 Å². The highest BCUT2D eigenvalue weighted by Gasteiger charge is 2.28. The Morgan fingerprint density at radius 1 is 1.35 bits per heavy atom. The summed E-state index contributed by atoms with van der Waals surface area (Å²) in [6.07, 6.45) is 2.23. The number of carbonyl (C=O) groups is 1. The smallest absolute Gasteiger partial charge is 0.253 e. The number of halogens is 1. The van der Waals surface area contributed by atoms with Crippen molar-refractivity contribution in [2.45, 2.75) is 39.2 Å². The monoisotopic (exact) mass is 414 g/mol. The molecule has 0 radical (unpaired) electrons. The minimum atomic E-state index is -0.150. The van der Waals surface area contributed by atoms with Crippen molar-refractivity contribution in [2.75, 3.05) is 0 Å². The number of amides is 1. The fourth-order valence-electron chi connectivity index (χ4n) is 3.09. The van der Waals surface area contributed by atoms with Crippen LogP contribution in [-0.4, -0.2) is 20.6 Å². The number of para-hydroxylation sites is 1. The summed E-state index contributed by atoms with van der Waals surface area (Å²) in [6, 6.07) is 9.85. The first-order valence-electron chi connectivity index (χ1n) is 8.59. The maximum atomic E-state index is 12.6. The second-order valence-corrected chi connectivity index (χ2v) is 7.43. The van der Waals surface area contributed by atoms with Gasteiger partial charge in [0, 0.05) is 21.8 Å². The zero-order valence-electron chi connectivity index (χ0n) is 14.6. The molecule has 0 bridgehead atoms. The number of aryl methyl sites for hydroxylation is 1. The van der Waals surface area contributed by atoms with Gasteiger partial charge in [-0.15, -0.1) is 0 Å². The van der Waals surface area contributed by atoms with E-state index in [1.807, 2.05) is 44.2 Å². The molecule has 134 valence electrons. The van der Waals surface area contributed by atoms with Crippen LogP contribution in [0, 0.1) is 13.8 Å². The molecule has 1 saturated carbocycles. The van der Waals surface area contributed by atoms with Gasteiger partial charge in [0.15, 0.2) is 5.82 Å². The first-order chi connectivity index (χ1) is 12.5. The van der Waals surface area contributed by atoms with E-state index in [2.05, 4.69) is 36.0 Å². The maximum Gasteiger partial charge on any atom is 0.253 e. The van der Waals surface area contributed by atoms with E-state index in [4.69, 9.17) is 4.52 Å². The van der Waals surface area contributed by atoms with Crippen molar-refractivity contribution in [3.8, 4) is 5.69 Å². The third-order valence-corrected chi connectivity index (χ3v) is 5.27. The van der Waals surface area contributed by atoms with Crippen LogP contribution in [0.25, 0.3) is 5.69 Å². The van der Waals surface area contributed by atoms with E-state index < -0.39 is 0 Å². The number of nitrogens with zero attached hydrogens (tertiary/aromatic N) is 3. The predicted octanol–water partition coefficient (Wildman–Crippen LogP) is 4.05. The summed E-state index contributed by atoms with van der Waals surface area (Å²) in [5, 5.41) is 6.84. The van der Waals surface area contributed by atoms with Gasteiger partial charge in [-0.05, 0) is 60.8 Å². The zero-order valence-corrected chi connectivity index (χ0v) is 16.2. The van der Waals surface area contributed by atoms with Gasteiger partial charge in [0.25, 0.3) is 5.91 Å². The molecule has 0 aliphatic heterocycles. The van der Waals surface area contributed by atoms with Gasteiger partial charge in [-0.25, -0.2) is 0 Å². The molecule has 3 aromatic rings. The molecule has 0 atom stereocenters. The highest BCUT2D eigenvalue weighted by molar-refractivity contribution is 9.10. The minimum absolute atomic E-state index is 0.150. The van der Waals surface area contributed by atoms with Crippen LogP contribution in [0.1, 0.15) is 52.2 Å². The zero-order chi connectivity index (χ0) is 18.3. The fraction of sp³-hybridized carbons (Fsp3) is 0.316. The molecule has 1 aliphatic carbocycles. The Kier molecular flexibility index (Phi) is 4.40. The van der Waals surface area contributed by atoms with Crippen molar-refractivity contribution in [1.29, 1.82) is 0 Å². The Labute approximate surface area is 159 Å². The molecule has 0 unspecified atom stereocenters. The largest absolute Gasteiger partial charge is 0.343 e. The number of carbonyl (C=O) groups excluding carboxylic acids is 1. The second-order valence-electron chi connectivity index (χ2n) is 6.57. The summed E-state index contributed by atoms with van der Waals surface area (Å²) in [7, 11) is 0. The van der Waals surface area contributed by atoms with Crippen LogP contribution < -0.4 is 5.32 Å². The average Bonchev–Trinajstić information content (AvgIpc) is 3.30. The Morgan fingerprint density at radius 2 is 2.12 bits per heavy atom. The van der Waals surface area contributed by atoms with Gasteiger partial charge in [0.1, 0.15) is 0 Å². The number of rotatable bonds is 5. The van der Waals surface area contributed by atoms with E-state index in [0.29, 0.717) is 17.4 Å². The summed E-state index contributed by atoms with van der Waals surface area (Å²) < 4.78 is 8.25. The highest BCUT2D eigenvalue weighted by Crippen LogP contribution is 2.38. The number of benzene rings is 1. The van der Waals surface area contributed by atoms with Crippen LogP contribution in [0.5, 0.6) is 0 Å². The summed E-state index contributed by atoms with van der Waals surface area (Å²) in [5.74, 6) is 1.48. The van der Waals surface area contributed by atoms with Crippen molar-refractivity contribution >= 4 is 21.8 Å². The first kappa shape index (κ1) is 17.0. The molecule has 1 amide bonds. The van der Waals surface area contributed by atoms with Crippen molar-refractivity contribution < 1.29 is 9.32 Å². The van der Waals surface area contributed by atoms with E-state index in [9.17, 15) is 4.79 Å². The van der Waals surface area contributed by atoms with Crippen molar-refractivity contribution in [1.82, 2.24) is 20.0 Å². The summed E-state index contributed by atoms with van der Waals surface area (Å²) in [5.41, 5.74) is 3.53. The van der Waals surface area contributed by atoms with Crippen LogP contribution in [0.15, 0.2) is 39.3 Å².